The van der Waals surface area contributed by atoms with Crippen LogP contribution in [0.1, 0.15) is 15.9 Å². The summed E-state index contributed by atoms with van der Waals surface area (Å²) in [7, 11) is 0. The molecule has 0 aliphatic carbocycles. The van der Waals surface area contributed by atoms with Gasteiger partial charge in [-0.1, -0.05) is 24.3 Å². The van der Waals surface area contributed by atoms with Crippen molar-refractivity contribution in [1.82, 2.24) is 5.43 Å². The largest absolute Gasteiger partial charge is 0.290 e. The molecule has 1 amide bonds. The summed E-state index contributed by atoms with van der Waals surface area (Å²) in [6.45, 7) is 3.62. The normalized spacial score (nSPS) is 9.31. The van der Waals surface area contributed by atoms with Gasteiger partial charge in [0.15, 0.2) is 0 Å². The van der Waals surface area contributed by atoms with Crippen LogP contribution in [-0.4, -0.2) is 5.91 Å². The Bertz CT molecular complexity index is 320. The van der Waals surface area contributed by atoms with E-state index >= 15 is 0 Å². The molecule has 1 aromatic carbocycles. The lowest BCUT2D eigenvalue weighted by Crippen LogP contribution is -2.30. The van der Waals surface area contributed by atoms with Gasteiger partial charge in [0.25, 0.3) is 5.91 Å². The number of hydrogen-bond donors (Lipinski definition) is 2. The molecule has 0 bridgehead atoms. The highest BCUT2D eigenvalue weighted by atomic mass is 16.2. The molecule has 3 heteroatoms. The predicted octanol–water partition coefficient (Wildman–Crippen LogP) is 1.02. The van der Waals surface area contributed by atoms with Gasteiger partial charge in [0, 0.05) is 5.56 Å². The summed E-state index contributed by atoms with van der Waals surface area (Å²) in [6, 6.07) is 7.30. The molecule has 3 N–H and O–H groups in total. The number of hydrazine groups is 1. The van der Waals surface area contributed by atoms with Crippen molar-refractivity contribution in [3.8, 4) is 0 Å². The van der Waals surface area contributed by atoms with Crippen LogP contribution in [0.3, 0.4) is 0 Å². The van der Waals surface area contributed by atoms with Crippen molar-refractivity contribution < 1.29 is 4.79 Å². The summed E-state index contributed by atoms with van der Waals surface area (Å²) in [5.74, 6) is 4.78. The Hall–Kier alpha value is -1.61. The molecule has 3 nitrogen and oxygen atoms in total. The maximum atomic E-state index is 11.2. The van der Waals surface area contributed by atoms with Crippen LogP contribution < -0.4 is 11.3 Å². The molecule has 1 rings (SSSR count). The van der Waals surface area contributed by atoms with Crippen molar-refractivity contribution in [2.75, 3.05) is 0 Å². The lowest BCUT2D eigenvalue weighted by molar-refractivity contribution is 0.0953. The molecule has 0 aliphatic heterocycles. The quantitative estimate of drug-likeness (QED) is 0.312. The average Bonchev–Trinajstić information content (AvgIpc) is 2.18. The van der Waals surface area contributed by atoms with E-state index in [1.807, 2.05) is 12.1 Å². The lowest BCUT2D eigenvalue weighted by atomic mass is 10.0. The number of nitrogens with two attached hydrogens (primary N) is 1. The number of amides is 1. The molecule has 0 atom stereocenters. The van der Waals surface area contributed by atoms with Crippen LogP contribution in [0.4, 0.5) is 0 Å². The molecule has 0 radical (unpaired) electrons. The predicted molar refractivity (Wildman–Crippen MR) is 52.0 cm³/mol. The van der Waals surface area contributed by atoms with E-state index in [1.165, 1.54) is 0 Å². The van der Waals surface area contributed by atoms with E-state index in [4.69, 9.17) is 5.84 Å². The number of benzene rings is 1. The molecular weight excluding hydrogens is 164 g/mol. The van der Waals surface area contributed by atoms with Crippen LogP contribution in [0.25, 0.3) is 0 Å². The van der Waals surface area contributed by atoms with E-state index < -0.39 is 0 Å². The second kappa shape index (κ2) is 4.42. The minimum absolute atomic E-state index is 0.266. The first-order valence-electron chi connectivity index (χ1n) is 3.99. The fraction of sp³-hybridized carbons (Fsp3) is 0.100. The Morgan fingerprint density at radius 1 is 1.54 bits per heavy atom. The van der Waals surface area contributed by atoms with Crippen LogP contribution in [0, 0.1) is 0 Å². The van der Waals surface area contributed by atoms with E-state index in [-0.39, 0.29) is 5.91 Å². The molecule has 0 unspecified atom stereocenters. The van der Waals surface area contributed by atoms with E-state index in [0.29, 0.717) is 12.0 Å². The van der Waals surface area contributed by atoms with Crippen LogP contribution in [0.2, 0.25) is 0 Å². The Balaban J connectivity index is 3.03. The van der Waals surface area contributed by atoms with Gasteiger partial charge >= 0.3 is 0 Å². The van der Waals surface area contributed by atoms with Gasteiger partial charge in [-0.25, -0.2) is 5.84 Å². The van der Waals surface area contributed by atoms with Gasteiger partial charge in [-0.15, -0.1) is 6.58 Å². The summed E-state index contributed by atoms with van der Waals surface area (Å²) in [5.41, 5.74) is 3.64. The molecule has 0 fully saturated rings. The van der Waals surface area contributed by atoms with Gasteiger partial charge < -0.3 is 0 Å². The monoisotopic (exact) mass is 176 g/mol. The van der Waals surface area contributed by atoms with Gasteiger partial charge in [0.2, 0.25) is 0 Å². The van der Waals surface area contributed by atoms with Crippen molar-refractivity contribution in [2.24, 2.45) is 5.84 Å². The van der Waals surface area contributed by atoms with Crippen LogP contribution in [-0.2, 0) is 6.42 Å². The first kappa shape index (κ1) is 9.48. The number of rotatable bonds is 3. The highest BCUT2D eigenvalue weighted by Gasteiger charge is 2.06. The van der Waals surface area contributed by atoms with E-state index in [1.54, 1.807) is 18.2 Å². The number of carbonyl (C=O) groups is 1. The number of nitrogens with one attached hydrogen (secondary N) is 1. The second-order valence-corrected chi connectivity index (χ2v) is 2.62. The first-order valence-corrected chi connectivity index (χ1v) is 3.99. The molecule has 0 aromatic heterocycles. The van der Waals surface area contributed by atoms with Gasteiger partial charge in [-0.05, 0) is 18.1 Å². The fourth-order valence-electron chi connectivity index (χ4n) is 1.15. The lowest BCUT2D eigenvalue weighted by Gasteiger charge is -2.04. The Kier molecular flexibility index (Phi) is 3.23. The third-order valence-electron chi connectivity index (χ3n) is 1.76. The van der Waals surface area contributed by atoms with Crippen LogP contribution in [0.5, 0.6) is 0 Å². The third-order valence-corrected chi connectivity index (χ3v) is 1.76. The van der Waals surface area contributed by atoms with Gasteiger partial charge in [-0.3, -0.25) is 10.2 Å². The first-order chi connectivity index (χ1) is 6.29. The average molecular weight is 176 g/mol. The van der Waals surface area contributed by atoms with Crippen LogP contribution >= 0.6 is 0 Å². The Morgan fingerprint density at radius 2 is 2.23 bits per heavy atom. The summed E-state index contributed by atoms with van der Waals surface area (Å²) >= 11 is 0. The van der Waals surface area contributed by atoms with Gasteiger partial charge in [0.05, 0.1) is 0 Å². The molecule has 0 heterocycles. The summed E-state index contributed by atoms with van der Waals surface area (Å²) in [4.78, 5) is 11.2. The number of carbonyl (C=O) groups excluding carboxylic acids is 1. The summed E-state index contributed by atoms with van der Waals surface area (Å²) in [6.07, 6.45) is 2.42. The zero-order valence-corrected chi connectivity index (χ0v) is 7.29. The molecule has 0 saturated carbocycles. The maximum Gasteiger partial charge on any atom is 0.265 e. The van der Waals surface area contributed by atoms with E-state index in [0.717, 1.165) is 5.56 Å². The van der Waals surface area contributed by atoms with Crippen molar-refractivity contribution in [3.05, 3.63) is 48.0 Å². The van der Waals surface area contributed by atoms with Crippen molar-refractivity contribution in [3.63, 3.8) is 0 Å². The summed E-state index contributed by atoms with van der Waals surface area (Å²) in [5, 5.41) is 0. The molecular formula is C10H12N2O. The van der Waals surface area contributed by atoms with Crippen molar-refractivity contribution in [1.29, 1.82) is 0 Å². The van der Waals surface area contributed by atoms with Crippen molar-refractivity contribution in [2.45, 2.75) is 6.42 Å². The summed E-state index contributed by atoms with van der Waals surface area (Å²) < 4.78 is 0. The van der Waals surface area contributed by atoms with Gasteiger partial charge in [-0.2, -0.15) is 0 Å². The zero-order valence-electron chi connectivity index (χ0n) is 7.29. The standard InChI is InChI=1S/C10H12N2O/c1-2-5-8-6-3-4-7-9(8)10(13)12-11/h2-4,6-7H,1,5,11H2,(H,12,13). The number of allylic oxidation sites excluding steroid dienone is 1. The topological polar surface area (TPSA) is 55.1 Å². The van der Waals surface area contributed by atoms with E-state index in [9.17, 15) is 4.79 Å². The molecule has 13 heavy (non-hydrogen) atoms. The SMILES string of the molecule is C=CCc1ccccc1C(=O)NN. The van der Waals surface area contributed by atoms with Crippen LogP contribution in [0.15, 0.2) is 36.9 Å². The fourth-order valence-corrected chi connectivity index (χ4v) is 1.15. The van der Waals surface area contributed by atoms with Crippen molar-refractivity contribution >= 4 is 5.91 Å². The molecule has 0 spiro atoms. The number of hydrogen-bond acceptors (Lipinski definition) is 2. The minimum atomic E-state index is -0.266. The highest BCUT2D eigenvalue weighted by Crippen LogP contribution is 2.09. The third kappa shape index (κ3) is 2.16. The smallest absolute Gasteiger partial charge is 0.265 e. The molecule has 1 aromatic rings. The molecule has 0 saturated heterocycles. The Morgan fingerprint density at radius 3 is 2.85 bits per heavy atom. The molecule has 68 valence electrons. The Labute approximate surface area is 77.2 Å². The van der Waals surface area contributed by atoms with E-state index in [2.05, 4.69) is 12.0 Å². The zero-order chi connectivity index (χ0) is 9.68. The maximum absolute atomic E-state index is 11.2. The van der Waals surface area contributed by atoms with Gasteiger partial charge in [0.1, 0.15) is 0 Å². The second-order valence-electron chi connectivity index (χ2n) is 2.62. The highest BCUT2D eigenvalue weighted by molar-refractivity contribution is 5.95. The minimum Gasteiger partial charge on any atom is -0.290 e. The molecule has 0 aliphatic rings. The number of nitrogen functional groups attached to an aromatic ring is 1.